The molecule has 2 aromatic rings. The van der Waals surface area contributed by atoms with E-state index < -0.39 is 0 Å². The minimum absolute atomic E-state index is 0.205. The second-order valence-corrected chi connectivity index (χ2v) is 6.16. The molecule has 1 aromatic carbocycles. The zero-order chi connectivity index (χ0) is 19.9. The summed E-state index contributed by atoms with van der Waals surface area (Å²) in [5, 5.41) is 11.1. The zero-order valence-corrected chi connectivity index (χ0v) is 15.5. The Morgan fingerprint density at radius 3 is 2.36 bits per heavy atom. The summed E-state index contributed by atoms with van der Waals surface area (Å²) in [6.45, 7) is 4.07. The number of nitrogens with one attached hydrogen (secondary N) is 1. The van der Waals surface area contributed by atoms with Gasteiger partial charge in [-0.25, -0.2) is 4.79 Å². The van der Waals surface area contributed by atoms with Gasteiger partial charge in [0.05, 0.1) is 12.2 Å². The van der Waals surface area contributed by atoms with Gasteiger partial charge in [0.1, 0.15) is 0 Å². The highest BCUT2D eigenvalue weighted by atomic mass is 16.5. The number of amides is 2. The van der Waals surface area contributed by atoms with Crippen molar-refractivity contribution in [1.82, 2.24) is 20.0 Å². The van der Waals surface area contributed by atoms with Crippen molar-refractivity contribution in [1.29, 1.82) is 0 Å². The average Bonchev–Trinajstić information content (AvgIpc) is 2.74. The minimum atomic E-state index is -0.370. The summed E-state index contributed by atoms with van der Waals surface area (Å²) < 4.78 is 4.95. The SMILES string of the molecule is CCOC(=O)c1ccc(Nc2ccc(C(=O)N3CCN(C=O)CC3)nn2)cc1. The molecule has 1 aliphatic heterocycles. The molecule has 1 aliphatic rings. The number of aromatic nitrogens is 2. The maximum atomic E-state index is 12.5. The smallest absolute Gasteiger partial charge is 0.338 e. The van der Waals surface area contributed by atoms with Crippen LogP contribution in [0.5, 0.6) is 0 Å². The van der Waals surface area contributed by atoms with E-state index in [4.69, 9.17) is 4.74 Å². The standard InChI is InChI=1S/C19H21N5O4/c1-2-28-19(27)14-3-5-15(6-4-14)20-17-8-7-16(21-22-17)18(26)24-11-9-23(13-25)10-12-24/h3-8,13H,2,9-12H2,1H3,(H,20,22). The number of carbonyl (C=O) groups is 3. The van der Waals surface area contributed by atoms with Crippen LogP contribution in [0.1, 0.15) is 27.8 Å². The molecule has 28 heavy (non-hydrogen) atoms. The Bertz CT molecular complexity index is 830. The predicted octanol–water partition coefficient (Wildman–Crippen LogP) is 1.31. The molecule has 2 amide bonds. The molecule has 0 bridgehead atoms. The van der Waals surface area contributed by atoms with Gasteiger partial charge < -0.3 is 19.9 Å². The van der Waals surface area contributed by atoms with Crippen LogP contribution < -0.4 is 5.32 Å². The van der Waals surface area contributed by atoms with Crippen LogP contribution >= 0.6 is 0 Å². The number of benzene rings is 1. The van der Waals surface area contributed by atoms with E-state index in [1.54, 1.807) is 53.1 Å². The minimum Gasteiger partial charge on any atom is -0.462 e. The summed E-state index contributed by atoms with van der Waals surface area (Å²) in [6.07, 6.45) is 0.793. The van der Waals surface area contributed by atoms with Gasteiger partial charge in [-0.05, 0) is 43.3 Å². The molecule has 0 unspecified atom stereocenters. The van der Waals surface area contributed by atoms with Crippen LogP contribution in [0.25, 0.3) is 0 Å². The third-order valence-corrected chi connectivity index (χ3v) is 4.30. The summed E-state index contributed by atoms with van der Waals surface area (Å²) >= 11 is 0. The number of carbonyl (C=O) groups excluding carboxylic acids is 3. The van der Waals surface area contributed by atoms with Crippen molar-refractivity contribution >= 4 is 29.8 Å². The van der Waals surface area contributed by atoms with Crippen LogP contribution in [-0.2, 0) is 9.53 Å². The fraction of sp³-hybridized carbons (Fsp3) is 0.316. The average molecular weight is 383 g/mol. The summed E-state index contributed by atoms with van der Waals surface area (Å²) in [4.78, 5) is 38.2. The maximum Gasteiger partial charge on any atom is 0.338 e. The van der Waals surface area contributed by atoms with Crippen LogP contribution in [0.15, 0.2) is 36.4 Å². The molecule has 0 radical (unpaired) electrons. The Kier molecular flexibility index (Phi) is 6.15. The third-order valence-electron chi connectivity index (χ3n) is 4.30. The summed E-state index contributed by atoms with van der Waals surface area (Å²) in [5.74, 6) is -0.0970. The molecular weight excluding hydrogens is 362 g/mol. The Morgan fingerprint density at radius 1 is 1.07 bits per heavy atom. The number of nitrogens with zero attached hydrogens (tertiary/aromatic N) is 4. The summed E-state index contributed by atoms with van der Waals surface area (Å²) in [5.41, 5.74) is 1.45. The second-order valence-electron chi connectivity index (χ2n) is 6.16. The number of hydrogen-bond acceptors (Lipinski definition) is 7. The van der Waals surface area contributed by atoms with Gasteiger partial charge in [-0.1, -0.05) is 0 Å². The lowest BCUT2D eigenvalue weighted by atomic mass is 10.2. The van der Waals surface area contributed by atoms with E-state index >= 15 is 0 Å². The van der Waals surface area contributed by atoms with E-state index in [0.29, 0.717) is 44.2 Å². The molecule has 0 saturated carbocycles. The van der Waals surface area contributed by atoms with Crippen LogP contribution in [-0.4, -0.2) is 71.1 Å². The highest BCUT2D eigenvalue weighted by molar-refractivity contribution is 5.92. The fourth-order valence-corrected chi connectivity index (χ4v) is 2.76. The van der Waals surface area contributed by atoms with Crippen molar-refractivity contribution in [2.45, 2.75) is 6.92 Å². The molecule has 0 aliphatic carbocycles. The predicted molar refractivity (Wildman–Crippen MR) is 101 cm³/mol. The molecule has 9 heteroatoms. The lowest BCUT2D eigenvalue weighted by Gasteiger charge is -2.32. The highest BCUT2D eigenvalue weighted by Crippen LogP contribution is 2.16. The first kappa shape index (κ1) is 19.3. The quantitative estimate of drug-likeness (QED) is 0.592. The largest absolute Gasteiger partial charge is 0.462 e. The van der Waals surface area contributed by atoms with Crippen molar-refractivity contribution in [3.8, 4) is 0 Å². The lowest BCUT2D eigenvalue weighted by molar-refractivity contribution is -0.119. The molecular formula is C19H21N5O4. The fourth-order valence-electron chi connectivity index (χ4n) is 2.76. The number of esters is 1. The van der Waals surface area contributed by atoms with E-state index in [2.05, 4.69) is 15.5 Å². The molecule has 0 spiro atoms. The van der Waals surface area contributed by atoms with Crippen molar-refractivity contribution in [3.05, 3.63) is 47.7 Å². The van der Waals surface area contributed by atoms with Gasteiger partial charge in [0.25, 0.3) is 5.91 Å². The van der Waals surface area contributed by atoms with E-state index in [0.717, 1.165) is 12.1 Å². The first-order chi connectivity index (χ1) is 13.6. The first-order valence-corrected chi connectivity index (χ1v) is 8.97. The van der Waals surface area contributed by atoms with E-state index in [-0.39, 0.29) is 17.6 Å². The first-order valence-electron chi connectivity index (χ1n) is 8.97. The van der Waals surface area contributed by atoms with Gasteiger partial charge in [0, 0.05) is 31.9 Å². The zero-order valence-electron chi connectivity index (χ0n) is 15.5. The number of rotatable bonds is 6. The van der Waals surface area contributed by atoms with Crippen LogP contribution in [0, 0.1) is 0 Å². The Labute approximate surface area is 162 Å². The van der Waals surface area contributed by atoms with Gasteiger partial charge in [0.2, 0.25) is 6.41 Å². The summed E-state index contributed by atoms with van der Waals surface area (Å²) in [7, 11) is 0. The molecule has 9 nitrogen and oxygen atoms in total. The number of anilines is 2. The van der Waals surface area contributed by atoms with E-state index in [1.165, 1.54) is 0 Å². The molecule has 1 fully saturated rings. The van der Waals surface area contributed by atoms with Crippen molar-refractivity contribution in [2.75, 3.05) is 38.1 Å². The van der Waals surface area contributed by atoms with Gasteiger partial charge >= 0.3 is 5.97 Å². The van der Waals surface area contributed by atoms with Crippen molar-refractivity contribution in [2.24, 2.45) is 0 Å². The molecule has 3 rings (SSSR count). The van der Waals surface area contributed by atoms with Crippen molar-refractivity contribution < 1.29 is 19.1 Å². The third kappa shape index (κ3) is 4.61. The number of piperazine rings is 1. The molecule has 146 valence electrons. The van der Waals surface area contributed by atoms with Gasteiger partial charge in [0.15, 0.2) is 11.5 Å². The molecule has 1 saturated heterocycles. The lowest BCUT2D eigenvalue weighted by Crippen LogP contribution is -2.48. The summed E-state index contributed by atoms with van der Waals surface area (Å²) in [6, 6.07) is 10.1. The molecule has 1 N–H and O–H groups in total. The van der Waals surface area contributed by atoms with E-state index in [1.807, 2.05) is 0 Å². The topological polar surface area (TPSA) is 105 Å². The molecule has 2 heterocycles. The van der Waals surface area contributed by atoms with Crippen molar-refractivity contribution in [3.63, 3.8) is 0 Å². The molecule has 1 aromatic heterocycles. The highest BCUT2D eigenvalue weighted by Gasteiger charge is 2.22. The second kappa shape index (κ2) is 8.94. The van der Waals surface area contributed by atoms with Crippen LogP contribution in [0.3, 0.4) is 0 Å². The Balaban J connectivity index is 1.59. The van der Waals surface area contributed by atoms with Crippen LogP contribution in [0.2, 0.25) is 0 Å². The normalized spacial score (nSPS) is 13.8. The Hall–Kier alpha value is -3.49. The molecule has 0 atom stereocenters. The van der Waals surface area contributed by atoms with Gasteiger partial charge in [-0.15, -0.1) is 10.2 Å². The van der Waals surface area contributed by atoms with Gasteiger partial charge in [-0.2, -0.15) is 0 Å². The number of ether oxygens (including phenoxy) is 1. The number of hydrogen-bond donors (Lipinski definition) is 1. The Morgan fingerprint density at radius 2 is 1.79 bits per heavy atom. The monoisotopic (exact) mass is 383 g/mol. The van der Waals surface area contributed by atoms with Crippen LogP contribution in [0.4, 0.5) is 11.5 Å². The maximum absolute atomic E-state index is 12.5. The van der Waals surface area contributed by atoms with Gasteiger partial charge in [-0.3, -0.25) is 9.59 Å². The van der Waals surface area contributed by atoms with E-state index in [9.17, 15) is 14.4 Å².